The van der Waals surface area contributed by atoms with E-state index >= 15 is 0 Å². The topological polar surface area (TPSA) is 12.0 Å². The normalized spacial score (nSPS) is 11.6. The Bertz CT molecular complexity index is 775. The Morgan fingerprint density at radius 2 is 1.07 bits per heavy atom. The average molecular weight is 374 g/mol. The van der Waals surface area contributed by atoms with Gasteiger partial charge in [0.2, 0.25) is 0 Å². The molecule has 148 valence electrons. The first-order chi connectivity index (χ1) is 13.6. The molecule has 1 unspecified atom stereocenters. The zero-order chi connectivity index (χ0) is 20.4. The first kappa shape index (κ1) is 21.9. The van der Waals surface area contributed by atoms with Crippen LogP contribution in [-0.2, 0) is 0 Å². The Kier molecular flexibility index (Phi) is 8.97. The molecule has 1 N–H and O–H groups in total. The van der Waals surface area contributed by atoms with Crippen molar-refractivity contribution in [1.82, 2.24) is 5.32 Å². The van der Waals surface area contributed by atoms with E-state index in [4.69, 9.17) is 0 Å². The van der Waals surface area contributed by atoms with Crippen LogP contribution in [0.3, 0.4) is 0 Å². The van der Waals surface area contributed by atoms with E-state index in [-0.39, 0.29) is 0 Å². The first-order valence-corrected chi connectivity index (χ1v) is 10.5. The Labute approximate surface area is 171 Å². The van der Waals surface area contributed by atoms with Crippen molar-refractivity contribution in [2.24, 2.45) is 0 Å². The van der Waals surface area contributed by atoms with Crippen LogP contribution < -0.4 is 5.32 Å². The van der Waals surface area contributed by atoms with E-state index in [0.29, 0.717) is 11.8 Å². The molecule has 0 saturated heterocycles. The van der Waals surface area contributed by atoms with Crippen molar-refractivity contribution in [3.8, 4) is 0 Å². The second kappa shape index (κ2) is 11.5. The van der Waals surface area contributed by atoms with Gasteiger partial charge in [0.15, 0.2) is 0 Å². The Balaban J connectivity index is 0.000000500. The average Bonchev–Trinajstić information content (AvgIpc) is 2.72. The van der Waals surface area contributed by atoms with Crippen LogP contribution in [0.1, 0.15) is 60.4 Å². The predicted molar refractivity (Wildman–Crippen MR) is 123 cm³/mol. The van der Waals surface area contributed by atoms with Crippen LogP contribution in [-0.4, -0.2) is 13.1 Å². The molecule has 0 aliphatic heterocycles. The molecular formula is C27H35N. The molecule has 3 aromatic carbocycles. The minimum atomic E-state index is 0.375. The third-order valence-corrected chi connectivity index (χ3v) is 5.37. The summed E-state index contributed by atoms with van der Waals surface area (Å²) in [6.45, 7) is 13.2. The first-order valence-electron chi connectivity index (χ1n) is 10.5. The number of hydrogen-bond donors (Lipinski definition) is 1. The van der Waals surface area contributed by atoms with Crippen molar-refractivity contribution in [2.75, 3.05) is 13.1 Å². The van der Waals surface area contributed by atoms with Gasteiger partial charge in [0, 0.05) is 5.92 Å². The van der Waals surface area contributed by atoms with Gasteiger partial charge in [-0.25, -0.2) is 0 Å². The van der Waals surface area contributed by atoms with Crippen LogP contribution in [0.25, 0.3) is 0 Å². The Hall–Kier alpha value is -2.38. The standard InChI is InChI=1S/C23H24.C4H11N/c1-17-11-7-9-15-21(17)23(22-16-10-8-12-18(22)2)19(3)20-13-5-4-6-14-20;1-3-5-4-2/h4-16,19,23H,1-3H3;5H,3-4H2,1-2H3. The van der Waals surface area contributed by atoms with Crippen LogP contribution in [0.2, 0.25) is 0 Å². The number of aryl methyl sites for hydroxylation is 2. The van der Waals surface area contributed by atoms with Gasteiger partial charge in [0.1, 0.15) is 0 Å². The fraction of sp³-hybridized carbons (Fsp3) is 0.333. The van der Waals surface area contributed by atoms with Crippen LogP contribution >= 0.6 is 0 Å². The maximum atomic E-state index is 3.11. The van der Waals surface area contributed by atoms with Crippen LogP contribution in [0.5, 0.6) is 0 Å². The van der Waals surface area contributed by atoms with Crippen molar-refractivity contribution in [3.05, 3.63) is 107 Å². The van der Waals surface area contributed by atoms with E-state index in [2.05, 4.69) is 119 Å². The lowest BCUT2D eigenvalue weighted by molar-refractivity contribution is 0.651. The summed E-state index contributed by atoms with van der Waals surface area (Å²) in [7, 11) is 0. The lowest BCUT2D eigenvalue weighted by Crippen LogP contribution is -2.13. The fourth-order valence-electron chi connectivity index (χ4n) is 3.78. The van der Waals surface area contributed by atoms with E-state index in [9.17, 15) is 0 Å². The maximum Gasteiger partial charge on any atom is 0.0161 e. The summed E-state index contributed by atoms with van der Waals surface area (Å²) in [4.78, 5) is 0. The molecular weight excluding hydrogens is 338 g/mol. The van der Waals surface area contributed by atoms with Gasteiger partial charge in [-0.05, 0) is 60.7 Å². The monoisotopic (exact) mass is 373 g/mol. The highest BCUT2D eigenvalue weighted by Crippen LogP contribution is 2.40. The highest BCUT2D eigenvalue weighted by atomic mass is 14.8. The molecule has 28 heavy (non-hydrogen) atoms. The lowest BCUT2D eigenvalue weighted by atomic mass is 9.75. The highest BCUT2D eigenvalue weighted by molar-refractivity contribution is 5.44. The molecule has 0 aliphatic carbocycles. The summed E-state index contributed by atoms with van der Waals surface area (Å²) in [5.41, 5.74) is 6.98. The molecule has 1 atom stereocenters. The van der Waals surface area contributed by atoms with Gasteiger partial charge in [0.25, 0.3) is 0 Å². The molecule has 0 heterocycles. The highest BCUT2D eigenvalue weighted by Gasteiger charge is 2.25. The third kappa shape index (κ3) is 5.81. The van der Waals surface area contributed by atoms with Crippen LogP contribution in [0.4, 0.5) is 0 Å². The molecule has 0 aromatic heterocycles. The van der Waals surface area contributed by atoms with Crippen molar-refractivity contribution < 1.29 is 0 Å². The van der Waals surface area contributed by atoms with Gasteiger partial charge in [-0.3, -0.25) is 0 Å². The Morgan fingerprint density at radius 3 is 1.46 bits per heavy atom. The molecule has 0 radical (unpaired) electrons. The van der Waals surface area contributed by atoms with Crippen molar-refractivity contribution in [2.45, 2.75) is 46.5 Å². The molecule has 0 aliphatic rings. The van der Waals surface area contributed by atoms with Gasteiger partial charge in [-0.2, -0.15) is 0 Å². The summed E-state index contributed by atoms with van der Waals surface area (Å²) in [5, 5.41) is 3.11. The minimum Gasteiger partial charge on any atom is -0.317 e. The summed E-state index contributed by atoms with van der Waals surface area (Å²) in [6, 6.07) is 28.4. The molecule has 0 fully saturated rings. The molecule has 3 rings (SSSR count). The quantitative estimate of drug-likeness (QED) is 0.498. The zero-order valence-electron chi connectivity index (χ0n) is 18.1. The second-order valence-corrected chi connectivity index (χ2v) is 7.35. The molecule has 1 nitrogen and oxygen atoms in total. The largest absolute Gasteiger partial charge is 0.317 e. The fourth-order valence-corrected chi connectivity index (χ4v) is 3.78. The summed E-state index contributed by atoms with van der Waals surface area (Å²) in [5.74, 6) is 0.804. The van der Waals surface area contributed by atoms with Gasteiger partial charge in [-0.1, -0.05) is 99.6 Å². The molecule has 0 spiro atoms. The zero-order valence-corrected chi connectivity index (χ0v) is 18.1. The van der Waals surface area contributed by atoms with E-state index in [1.807, 2.05) is 0 Å². The molecule has 0 amide bonds. The van der Waals surface area contributed by atoms with E-state index < -0.39 is 0 Å². The van der Waals surface area contributed by atoms with Crippen LogP contribution in [0, 0.1) is 13.8 Å². The van der Waals surface area contributed by atoms with E-state index in [1.54, 1.807) is 0 Å². The van der Waals surface area contributed by atoms with Crippen molar-refractivity contribution >= 4 is 0 Å². The Morgan fingerprint density at radius 1 is 0.643 bits per heavy atom. The molecule has 3 aromatic rings. The van der Waals surface area contributed by atoms with Gasteiger partial charge in [0.05, 0.1) is 0 Å². The number of nitrogens with one attached hydrogen (secondary N) is 1. The smallest absolute Gasteiger partial charge is 0.0161 e. The third-order valence-electron chi connectivity index (χ3n) is 5.37. The summed E-state index contributed by atoms with van der Waals surface area (Å²) < 4.78 is 0. The van der Waals surface area contributed by atoms with E-state index in [1.165, 1.54) is 27.8 Å². The van der Waals surface area contributed by atoms with Gasteiger partial charge in [-0.15, -0.1) is 0 Å². The second-order valence-electron chi connectivity index (χ2n) is 7.35. The van der Waals surface area contributed by atoms with Crippen LogP contribution in [0.15, 0.2) is 78.9 Å². The number of benzene rings is 3. The lowest BCUT2D eigenvalue weighted by Gasteiger charge is -2.28. The molecule has 1 heteroatoms. The van der Waals surface area contributed by atoms with E-state index in [0.717, 1.165) is 13.1 Å². The van der Waals surface area contributed by atoms with Gasteiger partial charge < -0.3 is 5.32 Å². The van der Waals surface area contributed by atoms with Crippen molar-refractivity contribution in [3.63, 3.8) is 0 Å². The minimum absolute atomic E-state index is 0.375. The SMILES string of the molecule is CCNCC.Cc1ccccc1C(c1ccccc1C)C(C)c1ccccc1. The maximum absolute atomic E-state index is 3.11. The van der Waals surface area contributed by atoms with Crippen molar-refractivity contribution in [1.29, 1.82) is 0 Å². The molecule has 0 saturated carbocycles. The number of hydrogen-bond acceptors (Lipinski definition) is 1. The summed E-state index contributed by atoms with van der Waals surface area (Å²) >= 11 is 0. The number of rotatable bonds is 6. The molecule has 0 bridgehead atoms. The summed E-state index contributed by atoms with van der Waals surface area (Å²) in [6.07, 6.45) is 0. The predicted octanol–water partition coefficient (Wildman–Crippen LogP) is 6.85. The van der Waals surface area contributed by atoms with Gasteiger partial charge >= 0.3 is 0 Å².